The molecule has 0 aliphatic carbocycles. The molecule has 1 aromatic carbocycles. The van der Waals surface area contributed by atoms with Crippen LogP contribution < -0.4 is 4.74 Å². The van der Waals surface area contributed by atoms with E-state index in [1.807, 2.05) is 38.1 Å². The molecule has 1 aliphatic heterocycles. The van der Waals surface area contributed by atoms with Crippen LogP contribution in [-0.2, 0) is 4.79 Å². The van der Waals surface area contributed by atoms with Gasteiger partial charge >= 0.3 is 5.97 Å². The van der Waals surface area contributed by atoms with E-state index in [-0.39, 0.29) is 5.60 Å². The number of carbonyl (C=O) groups is 1. The lowest BCUT2D eigenvalue weighted by atomic mass is 9.89. The molecule has 1 aliphatic rings. The Hall–Kier alpha value is -1.77. The Bertz CT molecular complexity index is 458. The summed E-state index contributed by atoms with van der Waals surface area (Å²) < 4.78 is 5.80. The highest BCUT2D eigenvalue weighted by atomic mass is 16.5. The summed E-state index contributed by atoms with van der Waals surface area (Å²) >= 11 is 0. The molecule has 0 radical (unpaired) electrons. The monoisotopic (exact) mass is 218 g/mol. The summed E-state index contributed by atoms with van der Waals surface area (Å²) in [4.78, 5) is 10.8. The zero-order valence-corrected chi connectivity index (χ0v) is 9.36. The molecule has 2 rings (SSSR count). The molecular formula is C13H14O3. The third-order valence-corrected chi connectivity index (χ3v) is 2.53. The molecular weight excluding hydrogens is 204 g/mol. The average molecular weight is 218 g/mol. The predicted molar refractivity (Wildman–Crippen MR) is 61.4 cm³/mol. The minimum absolute atomic E-state index is 0.352. The minimum atomic E-state index is -0.914. The number of carboxylic acid groups (broad SMARTS) is 1. The maximum Gasteiger partial charge on any atom is 0.328 e. The summed E-state index contributed by atoms with van der Waals surface area (Å²) in [6.45, 7) is 3.91. The van der Waals surface area contributed by atoms with E-state index in [2.05, 4.69) is 0 Å². The smallest absolute Gasteiger partial charge is 0.328 e. The fourth-order valence-corrected chi connectivity index (χ4v) is 1.99. The average Bonchev–Trinajstić information content (AvgIpc) is 2.14. The van der Waals surface area contributed by atoms with E-state index in [1.165, 1.54) is 6.08 Å². The van der Waals surface area contributed by atoms with Gasteiger partial charge < -0.3 is 9.84 Å². The fourth-order valence-electron chi connectivity index (χ4n) is 1.99. The standard InChI is InChI=1S/C13H14O3/c1-13(2)8-9(7-12(14)15)10-5-3-4-6-11(10)16-13/h3-7H,8H2,1-2H3,(H,14,15)/b9-7-. The van der Waals surface area contributed by atoms with Gasteiger partial charge in [-0.1, -0.05) is 18.2 Å². The van der Waals surface area contributed by atoms with Gasteiger partial charge in [0.25, 0.3) is 0 Å². The molecule has 3 nitrogen and oxygen atoms in total. The van der Waals surface area contributed by atoms with Gasteiger partial charge in [-0.25, -0.2) is 4.79 Å². The summed E-state index contributed by atoms with van der Waals surface area (Å²) in [7, 11) is 0. The van der Waals surface area contributed by atoms with Gasteiger partial charge in [0, 0.05) is 18.1 Å². The van der Waals surface area contributed by atoms with E-state index in [0.29, 0.717) is 6.42 Å². The molecule has 0 saturated carbocycles. The van der Waals surface area contributed by atoms with Gasteiger partial charge in [-0.15, -0.1) is 0 Å². The maximum atomic E-state index is 10.8. The number of hydrogen-bond acceptors (Lipinski definition) is 2. The van der Waals surface area contributed by atoms with Crippen LogP contribution in [-0.4, -0.2) is 16.7 Å². The van der Waals surface area contributed by atoms with Gasteiger partial charge in [-0.2, -0.15) is 0 Å². The first kappa shape index (κ1) is 10.7. The van der Waals surface area contributed by atoms with Crippen molar-refractivity contribution in [3.05, 3.63) is 35.9 Å². The van der Waals surface area contributed by atoms with Gasteiger partial charge in [0.2, 0.25) is 0 Å². The molecule has 0 unspecified atom stereocenters. The second-order valence-corrected chi connectivity index (χ2v) is 4.54. The first-order valence-electron chi connectivity index (χ1n) is 5.20. The zero-order valence-electron chi connectivity index (χ0n) is 9.36. The first-order chi connectivity index (χ1) is 7.48. The Kier molecular flexibility index (Phi) is 2.46. The van der Waals surface area contributed by atoms with Gasteiger partial charge in [0.1, 0.15) is 11.4 Å². The second-order valence-electron chi connectivity index (χ2n) is 4.54. The van der Waals surface area contributed by atoms with Crippen LogP contribution in [0.2, 0.25) is 0 Å². The summed E-state index contributed by atoms with van der Waals surface area (Å²) in [5, 5.41) is 8.84. The van der Waals surface area contributed by atoms with Crippen molar-refractivity contribution >= 4 is 11.5 Å². The Morgan fingerprint density at radius 2 is 2.12 bits per heavy atom. The Morgan fingerprint density at radius 1 is 1.44 bits per heavy atom. The van der Waals surface area contributed by atoms with Gasteiger partial charge in [-0.3, -0.25) is 0 Å². The van der Waals surface area contributed by atoms with Crippen LogP contribution in [0.15, 0.2) is 30.3 Å². The lowest BCUT2D eigenvalue weighted by Gasteiger charge is -2.34. The molecule has 0 saturated heterocycles. The Labute approximate surface area is 94.4 Å². The van der Waals surface area contributed by atoms with Crippen LogP contribution in [0.5, 0.6) is 5.75 Å². The normalized spacial score (nSPS) is 20.0. The number of para-hydroxylation sites is 1. The summed E-state index contributed by atoms with van der Waals surface area (Å²) in [5.74, 6) is -0.159. The van der Waals surface area contributed by atoms with Crippen molar-refractivity contribution in [1.29, 1.82) is 0 Å². The summed E-state index contributed by atoms with van der Waals surface area (Å²) in [5.41, 5.74) is 1.35. The van der Waals surface area contributed by atoms with Crippen molar-refractivity contribution in [3.63, 3.8) is 0 Å². The summed E-state index contributed by atoms with van der Waals surface area (Å²) in [6.07, 6.45) is 1.87. The molecule has 0 spiro atoms. The van der Waals surface area contributed by atoms with E-state index >= 15 is 0 Å². The highest BCUT2D eigenvalue weighted by molar-refractivity contribution is 5.91. The number of rotatable bonds is 1. The molecule has 1 N–H and O–H groups in total. The van der Waals surface area contributed by atoms with Crippen molar-refractivity contribution in [2.24, 2.45) is 0 Å². The molecule has 0 fully saturated rings. The highest BCUT2D eigenvalue weighted by Crippen LogP contribution is 2.39. The van der Waals surface area contributed by atoms with E-state index in [9.17, 15) is 4.79 Å². The molecule has 0 amide bonds. The van der Waals surface area contributed by atoms with Crippen molar-refractivity contribution in [1.82, 2.24) is 0 Å². The van der Waals surface area contributed by atoms with Gasteiger partial charge in [0.05, 0.1) is 0 Å². The maximum absolute atomic E-state index is 10.8. The number of benzene rings is 1. The first-order valence-corrected chi connectivity index (χ1v) is 5.20. The van der Waals surface area contributed by atoms with Crippen LogP contribution in [0.3, 0.4) is 0 Å². The van der Waals surface area contributed by atoms with Crippen LogP contribution in [0, 0.1) is 0 Å². The number of hydrogen-bond donors (Lipinski definition) is 1. The SMILES string of the molecule is CC1(C)C/C(=C/C(=O)O)c2ccccc2O1. The number of carboxylic acids is 1. The number of aliphatic carboxylic acids is 1. The largest absolute Gasteiger partial charge is 0.487 e. The van der Waals surface area contributed by atoms with Crippen molar-refractivity contribution in [2.45, 2.75) is 25.9 Å². The van der Waals surface area contributed by atoms with Crippen LogP contribution in [0.4, 0.5) is 0 Å². The molecule has 3 heteroatoms. The van der Waals surface area contributed by atoms with E-state index < -0.39 is 5.97 Å². The molecule has 1 heterocycles. The second kappa shape index (κ2) is 3.67. The van der Waals surface area contributed by atoms with E-state index in [1.54, 1.807) is 0 Å². The molecule has 0 atom stereocenters. The number of fused-ring (bicyclic) bond motifs is 1. The lowest BCUT2D eigenvalue weighted by Crippen LogP contribution is -2.32. The predicted octanol–water partition coefficient (Wildman–Crippen LogP) is 2.72. The fraction of sp³-hybridized carbons (Fsp3) is 0.308. The molecule has 1 aromatic rings. The summed E-state index contributed by atoms with van der Waals surface area (Å²) in [6, 6.07) is 7.53. The Morgan fingerprint density at radius 3 is 2.81 bits per heavy atom. The van der Waals surface area contributed by atoms with Crippen LogP contribution >= 0.6 is 0 Å². The van der Waals surface area contributed by atoms with Crippen molar-refractivity contribution < 1.29 is 14.6 Å². The highest BCUT2D eigenvalue weighted by Gasteiger charge is 2.29. The van der Waals surface area contributed by atoms with Gasteiger partial charge in [0.15, 0.2) is 0 Å². The topological polar surface area (TPSA) is 46.5 Å². The number of ether oxygens (including phenoxy) is 1. The van der Waals surface area contributed by atoms with E-state index in [0.717, 1.165) is 16.9 Å². The zero-order chi connectivity index (χ0) is 11.8. The Balaban J connectivity index is 2.52. The van der Waals surface area contributed by atoms with Crippen molar-refractivity contribution in [2.75, 3.05) is 0 Å². The quantitative estimate of drug-likeness (QED) is 0.737. The molecule has 0 aromatic heterocycles. The molecule has 0 bridgehead atoms. The van der Waals surface area contributed by atoms with Crippen molar-refractivity contribution in [3.8, 4) is 5.75 Å². The molecule has 84 valence electrons. The lowest BCUT2D eigenvalue weighted by molar-refractivity contribution is -0.131. The third kappa shape index (κ3) is 2.08. The van der Waals surface area contributed by atoms with Gasteiger partial charge in [-0.05, 0) is 25.5 Å². The third-order valence-electron chi connectivity index (χ3n) is 2.53. The van der Waals surface area contributed by atoms with Crippen LogP contribution in [0.25, 0.3) is 5.57 Å². The minimum Gasteiger partial charge on any atom is -0.487 e. The van der Waals surface area contributed by atoms with Crippen LogP contribution in [0.1, 0.15) is 25.8 Å². The molecule has 16 heavy (non-hydrogen) atoms. The van der Waals surface area contributed by atoms with E-state index in [4.69, 9.17) is 9.84 Å².